The predicted molar refractivity (Wildman–Crippen MR) is 78.3 cm³/mol. The summed E-state index contributed by atoms with van der Waals surface area (Å²) in [6, 6.07) is 13.1. The molecular formula is C16H15ClO3. The number of hydrogen-bond donors (Lipinski definition) is 0. The van der Waals surface area contributed by atoms with Crippen LogP contribution in [0.3, 0.4) is 0 Å². The van der Waals surface area contributed by atoms with E-state index in [0.29, 0.717) is 28.5 Å². The molecule has 0 spiro atoms. The summed E-state index contributed by atoms with van der Waals surface area (Å²) in [5, 5.41) is 0.434. The molecule has 20 heavy (non-hydrogen) atoms. The van der Waals surface area contributed by atoms with Gasteiger partial charge in [-0.25, -0.2) is 4.79 Å². The molecule has 0 saturated heterocycles. The van der Waals surface area contributed by atoms with E-state index in [1.54, 1.807) is 19.1 Å². The van der Waals surface area contributed by atoms with E-state index in [-0.39, 0.29) is 0 Å². The van der Waals surface area contributed by atoms with Crippen LogP contribution >= 0.6 is 11.6 Å². The van der Waals surface area contributed by atoms with E-state index in [0.717, 1.165) is 5.56 Å². The molecule has 2 aromatic rings. The molecule has 0 aromatic heterocycles. The van der Waals surface area contributed by atoms with Gasteiger partial charge in [-0.1, -0.05) is 41.9 Å². The van der Waals surface area contributed by atoms with Crippen LogP contribution in [0, 0.1) is 6.92 Å². The maximum Gasteiger partial charge on any atom is 0.338 e. The van der Waals surface area contributed by atoms with Crippen molar-refractivity contribution in [1.82, 2.24) is 0 Å². The maximum absolute atomic E-state index is 11.6. The highest BCUT2D eigenvalue weighted by molar-refractivity contribution is 6.33. The zero-order valence-electron chi connectivity index (χ0n) is 11.4. The number of carbonyl (C=O) groups is 1. The normalized spacial score (nSPS) is 10.2. The third kappa shape index (κ3) is 3.11. The Balaban J connectivity index is 2.18. The van der Waals surface area contributed by atoms with Gasteiger partial charge in [0, 0.05) is 0 Å². The number of carbonyl (C=O) groups excluding carboxylic acids is 1. The number of rotatable bonds is 4. The van der Waals surface area contributed by atoms with Crippen LogP contribution in [-0.4, -0.2) is 13.1 Å². The molecule has 3 nitrogen and oxygen atoms in total. The zero-order valence-corrected chi connectivity index (χ0v) is 12.1. The Morgan fingerprint density at radius 1 is 1.15 bits per heavy atom. The van der Waals surface area contributed by atoms with Crippen LogP contribution in [0.15, 0.2) is 42.5 Å². The Labute approximate surface area is 123 Å². The minimum Gasteiger partial charge on any atom is -0.487 e. The molecule has 0 fully saturated rings. The van der Waals surface area contributed by atoms with Crippen molar-refractivity contribution in [3.05, 3.63) is 64.2 Å². The van der Waals surface area contributed by atoms with E-state index < -0.39 is 5.97 Å². The number of hydrogen-bond acceptors (Lipinski definition) is 3. The minimum atomic E-state index is -0.404. The van der Waals surface area contributed by atoms with Gasteiger partial charge in [0.25, 0.3) is 0 Å². The molecular weight excluding hydrogens is 276 g/mol. The van der Waals surface area contributed by atoms with Gasteiger partial charge in [-0.05, 0) is 30.2 Å². The third-order valence-corrected chi connectivity index (χ3v) is 3.46. The van der Waals surface area contributed by atoms with E-state index in [1.807, 2.05) is 30.3 Å². The second kappa shape index (κ2) is 6.44. The summed E-state index contributed by atoms with van der Waals surface area (Å²) in [6.07, 6.45) is 0. The maximum atomic E-state index is 11.6. The first-order valence-corrected chi connectivity index (χ1v) is 6.55. The van der Waals surface area contributed by atoms with Crippen LogP contribution in [0.1, 0.15) is 21.5 Å². The van der Waals surface area contributed by atoms with Crippen molar-refractivity contribution in [3.8, 4) is 5.75 Å². The van der Waals surface area contributed by atoms with Crippen molar-refractivity contribution in [2.45, 2.75) is 13.5 Å². The Kier molecular flexibility index (Phi) is 4.64. The van der Waals surface area contributed by atoms with Gasteiger partial charge in [-0.15, -0.1) is 0 Å². The van der Waals surface area contributed by atoms with Crippen LogP contribution in [-0.2, 0) is 11.3 Å². The summed E-state index contributed by atoms with van der Waals surface area (Å²) < 4.78 is 10.4. The van der Waals surface area contributed by atoms with Gasteiger partial charge < -0.3 is 9.47 Å². The van der Waals surface area contributed by atoms with Gasteiger partial charge in [-0.3, -0.25) is 0 Å². The fourth-order valence-corrected chi connectivity index (χ4v) is 2.06. The van der Waals surface area contributed by atoms with E-state index in [4.69, 9.17) is 21.1 Å². The second-order valence-electron chi connectivity index (χ2n) is 4.32. The van der Waals surface area contributed by atoms with Crippen molar-refractivity contribution in [3.63, 3.8) is 0 Å². The molecule has 0 aliphatic heterocycles. The number of esters is 1. The highest BCUT2D eigenvalue weighted by atomic mass is 35.5. The topological polar surface area (TPSA) is 35.5 Å². The highest BCUT2D eigenvalue weighted by Crippen LogP contribution is 2.31. The van der Waals surface area contributed by atoms with Crippen molar-refractivity contribution in [2.24, 2.45) is 0 Å². The average molecular weight is 291 g/mol. The lowest BCUT2D eigenvalue weighted by atomic mass is 10.1. The predicted octanol–water partition coefficient (Wildman–Crippen LogP) is 4.01. The van der Waals surface area contributed by atoms with Crippen LogP contribution in [0.25, 0.3) is 0 Å². The summed E-state index contributed by atoms with van der Waals surface area (Å²) in [5.74, 6) is 0.152. The molecule has 4 heteroatoms. The summed E-state index contributed by atoms with van der Waals surface area (Å²) in [5.41, 5.74) is 2.16. The molecule has 2 aromatic carbocycles. The smallest absolute Gasteiger partial charge is 0.338 e. The average Bonchev–Trinajstić information content (AvgIpc) is 2.49. The molecule has 0 atom stereocenters. The minimum absolute atomic E-state index is 0.404. The van der Waals surface area contributed by atoms with E-state index in [9.17, 15) is 4.79 Å². The molecule has 0 N–H and O–H groups in total. The molecule has 0 unspecified atom stereocenters. The standard InChI is InChI=1S/C16H15ClO3/c1-11-13(16(18)19-2)8-9-14(15(11)17)20-10-12-6-4-3-5-7-12/h3-9H,10H2,1-2H3. The van der Waals surface area contributed by atoms with Crippen LogP contribution in [0.5, 0.6) is 5.75 Å². The van der Waals surface area contributed by atoms with Crippen LogP contribution < -0.4 is 4.74 Å². The molecule has 0 heterocycles. The van der Waals surface area contributed by atoms with E-state index in [1.165, 1.54) is 7.11 Å². The first-order valence-electron chi connectivity index (χ1n) is 6.17. The fourth-order valence-electron chi connectivity index (χ4n) is 1.84. The largest absolute Gasteiger partial charge is 0.487 e. The molecule has 0 amide bonds. The van der Waals surface area contributed by atoms with Gasteiger partial charge in [0.2, 0.25) is 0 Å². The van der Waals surface area contributed by atoms with Crippen molar-refractivity contribution < 1.29 is 14.3 Å². The lowest BCUT2D eigenvalue weighted by molar-refractivity contribution is 0.0600. The second-order valence-corrected chi connectivity index (χ2v) is 4.69. The Hall–Kier alpha value is -2.00. The number of methoxy groups -OCH3 is 1. The van der Waals surface area contributed by atoms with Gasteiger partial charge >= 0.3 is 5.97 Å². The molecule has 0 radical (unpaired) electrons. The number of ether oxygens (including phenoxy) is 2. The molecule has 0 aliphatic rings. The fraction of sp³-hybridized carbons (Fsp3) is 0.188. The summed E-state index contributed by atoms with van der Waals surface area (Å²) in [6.45, 7) is 2.20. The molecule has 0 aliphatic carbocycles. The van der Waals surface area contributed by atoms with E-state index >= 15 is 0 Å². The Morgan fingerprint density at radius 3 is 2.50 bits per heavy atom. The lowest BCUT2D eigenvalue weighted by Gasteiger charge is -2.12. The molecule has 0 saturated carbocycles. The lowest BCUT2D eigenvalue weighted by Crippen LogP contribution is -2.05. The van der Waals surface area contributed by atoms with Crippen molar-refractivity contribution in [1.29, 1.82) is 0 Å². The summed E-state index contributed by atoms with van der Waals surface area (Å²) >= 11 is 6.23. The number of benzene rings is 2. The molecule has 0 bridgehead atoms. The third-order valence-electron chi connectivity index (χ3n) is 2.99. The quantitative estimate of drug-likeness (QED) is 0.798. The first kappa shape index (κ1) is 14.4. The van der Waals surface area contributed by atoms with Crippen LogP contribution in [0.4, 0.5) is 0 Å². The van der Waals surface area contributed by atoms with Gasteiger partial charge in [0.15, 0.2) is 0 Å². The SMILES string of the molecule is COC(=O)c1ccc(OCc2ccccc2)c(Cl)c1C. The van der Waals surface area contributed by atoms with Crippen molar-refractivity contribution >= 4 is 17.6 Å². The molecule has 104 valence electrons. The Morgan fingerprint density at radius 2 is 1.85 bits per heavy atom. The molecule has 2 rings (SSSR count). The monoisotopic (exact) mass is 290 g/mol. The zero-order chi connectivity index (χ0) is 14.5. The number of halogens is 1. The van der Waals surface area contributed by atoms with Gasteiger partial charge in [0.1, 0.15) is 12.4 Å². The van der Waals surface area contributed by atoms with Crippen LogP contribution in [0.2, 0.25) is 5.02 Å². The Bertz CT molecular complexity index is 609. The van der Waals surface area contributed by atoms with Gasteiger partial charge in [-0.2, -0.15) is 0 Å². The summed E-state index contributed by atoms with van der Waals surface area (Å²) in [4.78, 5) is 11.6. The highest BCUT2D eigenvalue weighted by Gasteiger charge is 2.15. The van der Waals surface area contributed by atoms with Gasteiger partial charge in [0.05, 0.1) is 17.7 Å². The van der Waals surface area contributed by atoms with E-state index in [2.05, 4.69) is 0 Å². The van der Waals surface area contributed by atoms with Crippen molar-refractivity contribution in [2.75, 3.05) is 7.11 Å². The first-order chi connectivity index (χ1) is 9.63. The summed E-state index contributed by atoms with van der Waals surface area (Å²) in [7, 11) is 1.34.